The van der Waals surface area contributed by atoms with E-state index in [9.17, 15) is 0 Å². The van der Waals surface area contributed by atoms with Crippen LogP contribution in [0.3, 0.4) is 0 Å². The number of nitrogens with one attached hydrogen (secondary N) is 1. The summed E-state index contributed by atoms with van der Waals surface area (Å²) in [5, 5.41) is 3.56. The molecule has 88 valence electrons. The van der Waals surface area contributed by atoms with E-state index in [1.165, 1.54) is 5.56 Å². The molecule has 1 atom stereocenters. The van der Waals surface area contributed by atoms with Gasteiger partial charge in [0.05, 0.1) is 0 Å². The third-order valence-electron chi connectivity index (χ3n) is 3.41. The zero-order valence-electron chi connectivity index (χ0n) is 10.4. The van der Waals surface area contributed by atoms with Crippen LogP contribution in [0.1, 0.15) is 32.8 Å². The molecule has 0 amide bonds. The summed E-state index contributed by atoms with van der Waals surface area (Å²) >= 11 is 0. The fourth-order valence-electron chi connectivity index (χ4n) is 1.88. The topological polar surface area (TPSA) is 21.3 Å². The predicted octanol–water partition coefficient (Wildman–Crippen LogP) is 2.77. The van der Waals surface area contributed by atoms with Crippen molar-refractivity contribution in [1.82, 2.24) is 5.32 Å². The summed E-state index contributed by atoms with van der Waals surface area (Å²) in [4.78, 5) is 0. The number of hydrogen-bond acceptors (Lipinski definition) is 2. The molecule has 1 heterocycles. The molecule has 0 saturated heterocycles. The van der Waals surface area contributed by atoms with Crippen LogP contribution in [0.15, 0.2) is 24.3 Å². The van der Waals surface area contributed by atoms with Gasteiger partial charge >= 0.3 is 0 Å². The lowest BCUT2D eigenvalue weighted by molar-refractivity contribution is 0.207. The molecule has 2 nitrogen and oxygen atoms in total. The number of hydrogen-bond donors (Lipinski definition) is 1. The van der Waals surface area contributed by atoms with Crippen molar-refractivity contribution in [3.8, 4) is 5.75 Å². The molecule has 0 aromatic heterocycles. The minimum atomic E-state index is 0.206. The number of benzene rings is 1. The lowest BCUT2D eigenvalue weighted by Gasteiger charge is -2.26. The highest BCUT2D eigenvalue weighted by Gasteiger charge is 2.24. The highest BCUT2D eigenvalue weighted by atomic mass is 16.5. The van der Waals surface area contributed by atoms with Crippen LogP contribution in [0.4, 0.5) is 0 Å². The first-order valence-corrected chi connectivity index (χ1v) is 6.10. The number of fused-ring (bicyclic) bond motifs is 1. The van der Waals surface area contributed by atoms with E-state index in [1.807, 2.05) is 6.07 Å². The second-order valence-corrected chi connectivity index (χ2v) is 5.17. The summed E-state index contributed by atoms with van der Waals surface area (Å²) in [6, 6.07) is 8.32. The van der Waals surface area contributed by atoms with Gasteiger partial charge in [0, 0.05) is 18.5 Å². The predicted molar refractivity (Wildman–Crippen MR) is 66.9 cm³/mol. The van der Waals surface area contributed by atoms with Crippen LogP contribution in [-0.4, -0.2) is 18.2 Å². The Morgan fingerprint density at radius 3 is 2.81 bits per heavy atom. The lowest BCUT2D eigenvalue weighted by atomic mass is 10.0. The van der Waals surface area contributed by atoms with Gasteiger partial charge in [0.2, 0.25) is 0 Å². The Balaban J connectivity index is 1.88. The largest absolute Gasteiger partial charge is 0.488 e. The first-order valence-electron chi connectivity index (χ1n) is 6.10. The molecule has 0 aliphatic carbocycles. The van der Waals surface area contributed by atoms with E-state index in [4.69, 9.17) is 4.74 Å². The molecule has 0 fully saturated rings. The average Bonchev–Trinajstić information content (AvgIpc) is 2.69. The average molecular weight is 219 g/mol. The molecular formula is C14H21NO. The fraction of sp³-hybridized carbons (Fsp3) is 0.571. The Hall–Kier alpha value is -1.02. The van der Waals surface area contributed by atoms with Crippen LogP contribution in [0.5, 0.6) is 5.75 Å². The second-order valence-electron chi connectivity index (χ2n) is 5.17. The van der Waals surface area contributed by atoms with Crippen molar-refractivity contribution >= 4 is 0 Å². The van der Waals surface area contributed by atoms with Gasteiger partial charge in [-0.05, 0) is 31.9 Å². The normalized spacial score (nSPS) is 19.3. The van der Waals surface area contributed by atoms with Crippen molar-refractivity contribution < 1.29 is 4.74 Å². The van der Waals surface area contributed by atoms with Crippen molar-refractivity contribution in [3.05, 3.63) is 29.8 Å². The molecule has 1 unspecified atom stereocenters. The maximum absolute atomic E-state index is 5.88. The maximum Gasteiger partial charge on any atom is 0.123 e. The zero-order valence-corrected chi connectivity index (χ0v) is 10.4. The van der Waals surface area contributed by atoms with Gasteiger partial charge in [-0.3, -0.25) is 0 Å². The lowest BCUT2D eigenvalue weighted by Crippen LogP contribution is -2.43. The van der Waals surface area contributed by atoms with Crippen molar-refractivity contribution in [1.29, 1.82) is 0 Å². The van der Waals surface area contributed by atoms with Crippen molar-refractivity contribution in [2.45, 2.75) is 45.3 Å². The summed E-state index contributed by atoms with van der Waals surface area (Å²) < 4.78 is 5.88. The van der Waals surface area contributed by atoms with Crippen LogP contribution in [0.25, 0.3) is 0 Å². The van der Waals surface area contributed by atoms with Crippen molar-refractivity contribution in [2.75, 3.05) is 6.54 Å². The van der Waals surface area contributed by atoms with Crippen LogP contribution in [-0.2, 0) is 6.42 Å². The summed E-state index contributed by atoms with van der Waals surface area (Å²) in [7, 11) is 0. The smallest absolute Gasteiger partial charge is 0.123 e. The Kier molecular flexibility index (Phi) is 3.20. The summed E-state index contributed by atoms with van der Waals surface area (Å²) in [6.45, 7) is 7.59. The van der Waals surface area contributed by atoms with E-state index in [-0.39, 0.29) is 5.54 Å². The van der Waals surface area contributed by atoms with Crippen molar-refractivity contribution in [3.63, 3.8) is 0 Å². The van der Waals surface area contributed by atoms with E-state index < -0.39 is 0 Å². The van der Waals surface area contributed by atoms with Gasteiger partial charge in [0.1, 0.15) is 11.9 Å². The first kappa shape index (κ1) is 11.5. The Morgan fingerprint density at radius 1 is 1.38 bits per heavy atom. The van der Waals surface area contributed by atoms with Crippen LogP contribution >= 0.6 is 0 Å². The highest BCUT2D eigenvalue weighted by Crippen LogP contribution is 2.28. The number of ether oxygens (including phenoxy) is 1. The first-order chi connectivity index (χ1) is 7.61. The second kappa shape index (κ2) is 4.46. The monoisotopic (exact) mass is 219 g/mol. The molecule has 1 aliphatic heterocycles. The summed E-state index contributed by atoms with van der Waals surface area (Å²) in [5.41, 5.74) is 1.54. The van der Waals surface area contributed by atoms with E-state index in [0.717, 1.165) is 25.1 Å². The molecule has 16 heavy (non-hydrogen) atoms. The molecule has 0 bridgehead atoms. The van der Waals surface area contributed by atoms with Gasteiger partial charge in [-0.2, -0.15) is 0 Å². The van der Waals surface area contributed by atoms with Gasteiger partial charge in [-0.25, -0.2) is 0 Å². The molecular weight excluding hydrogens is 198 g/mol. The van der Waals surface area contributed by atoms with Gasteiger partial charge in [-0.15, -0.1) is 0 Å². The molecule has 1 aliphatic rings. The molecule has 1 N–H and O–H groups in total. The highest BCUT2D eigenvalue weighted by molar-refractivity contribution is 5.37. The van der Waals surface area contributed by atoms with E-state index in [0.29, 0.717) is 6.10 Å². The Bertz CT molecular complexity index is 335. The minimum absolute atomic E-state index is 0.206. The number of para-hydroxylation sites is 1. The molecule has 0 spiro atoms. The zero-order chi connectivity index (χ0) is 11.6. The quantitative estimate of drug-likeness (QED) is 0.840. The Morgan fingerprint density at radius 2 is 2.12 bits per heavy atom. The molecule has 2 rings (SSSR count). The van der Waals surface area contributed by atoms with Gasteiger partial charge in [0.25, 0.3) is 0 Å². The third-order valence-corrected chi connectivity index (χ3v) is 3.41. The fourth-order valence-corrected chi connectivity index (χ4v) is 1.88. The van der Waals surface area contributed by atoms with E-state index >= 15 is 0 Å². The van der Waals surface area contributed by atoms with Gasteiger partial charge in [-0.1, -0.05) is 25.1 Å². The van der Waals surface area contributed by atoms with Crippen LogP contribution in [0, 0.1) is 0 Å². The SMILES string of the molecule is CCC(C)(C)NCC1Cc2ccccc2O1. The maximum atomic E-state index is 5.88. The Labute approximate surface area is 98.0 Å². The molecule has 1 aromatic rings. The number of rotatable bonds is 4. The van der Waals surface area contributed by atoms with Crippen LogP contribution < -0.4 is 10.1 Å². The van der Waals surface area contributed by atoms with Crippen molar-refractivity contribution in [2.24, 2.45) is 0 Å². The van der Waals surface area contributed by atoms with Crippen LogP contribution in [0.2, 0.25) is 0 Å². The molecule has 0 radical (unpaired) electrons. The molecule has 1 aromatic carbocycles. The van der Waals surface area contributed by atoms with Gasteiger partial charge < -0.3 is 10.1 Å². The molecule has 2 heteroatoms. The van der Waals surface area contributed by atoms with Gasteiger partial charge in [0.15, 0.2) is 0 Å². The standard InChI is InChI=1S/C14H21NO/c1-4-14(2,3)15-10-12-9-11-7-5-6-8-13(11)16-12/h5-8,12,15H,4,9-10H2,1-3H3. The van der Waals surface area contributed by atoms with E-state index in [2.05, 4.69) is 44.3 Å². The molecule has 0 saturated carbocycles. The minimum Gasteiger partial charge on any atom is -0.488 e. The summed E-state index contributed by atoms with van der Waals surface area (Å²) in [6.07, 6.45) is 2.46. The van der Waals surface area contributed by atoms with E-state index in [1.54, 1.807) is 0 Å². The third kappa shape index (κ3) is 2.56. The summed E-state index contributed by atoms with van der Waals surface area (Å²) in [5.74, 6) is 1.06.